The van der Waals surface area contributed by atoms with E-state index in [0.29, 0.717) is 66.7 Å². The van der Waals surface area contributed by atoms with E-state index in [-0.39, 0.29) is 18.3 Å². The van der Waals surface area contributed by atoms with Crippen LogP contribution in [-0.2, 0) is 18.4 Å². The third kappa shape index (κ3) is 5.97. The first-order valence-electron chi connectivity index (χ1n) is 13.8. The highest BCUT2D eigenvalue weighted by Gasteiger charge is 2.29. The molecule has 0 bridgehead atoms. The summed E-state index contributed by atoms with van der Waals surface area (Å²) in [6.07, 6.45) is 1.89. The standard InChI is InChI=1S/C29H28F2N10O3/c1-38-28(40-12-10-39(11-13-40)25(42)16-34-29(43)44)26(27(37-38)19-2-4-20(30)5-3-19)21-6-7-24-35-23(17-41(24)36-21)33-15-18-8-9-32-22(31)14-18/h2-9,14,17,33-34H,10-13,15-16H2,1H3,(H,43,44). The van der Waals surface area contributed by atoms with Crippen molar-refractivity contribution in [1.29, 1.82) is 0 Å². The van der Waals surface area contributed by atoms with Gasteiger partial charge in [0.05, 0.1) is 17.5 Å². The quantitative estimate of drug-likeness (QED) is 0.228. The zero-order chi connectivity index (χ0) is 30.8. The molecule has 0 aliphatic carbocycles. The number of carboxylic acid groups (broad SMARTS) is 1. The van der Waals surface area contributed by atoms with E-state index < -0.39 is 12.0 Å². The summed E-state index contributed by atoms with van der Waals surface area (Å²) in [6.45, 7) is 1.79. The molecule has 1 saturated heterocycles. The number of pyridine rings is 1. The molecule has 3 N–H and O–H groups in total. The van der Waals surface area contributed by atoms with Crippen LogP contribution < -0.4 is 15.5 Å². The molecule has 2 amide bonds. The minimum absolute atomic E-state index is 0.286. The number of hydrogen-bond donors (Lipinski definition) is 3. The maximum atomic E-state index is 13.8. The Morgan fingerprint density at radius 1 is 1.00 bits per heavy atom. The first-order chi connectivity index (χ1) is 21.2. The summed E-state index contributed by atoms with van der Waals surface area (Å²) in [6, 6.07) is 12.8. The maximum absolute atomic E-state index is 13.8. The number of rotatable bonds is 8. The highest BCUT2D eigenvalue weighted by atomic mass is 19.1. The Bertz CT molecular complexity index is 1830. The Kier molecular flexibility index (Phi) is 7.74. The second kappa shape index (κ2) is 11.9. The van der Waals surface area contributed by atoms with Gasteiger partial charge in [0.15, 0.2) is 5.65 Å². The molecule has 5 heterocycles. The van der Waals surface area contributed by atoms with E-state index in [1.807, 2.05) is 19.2 Å². The molecule has 0 unspecified atom stereocenters. The molecule has 1 aromatic carbocycles. The molecule has 15 heteroatoms. The second-order valence-electron chi connectivity index (χ2n) is 10.2. The van der Waals surface area contributed by atoms with E-state index >= 15 is 0 Å². The third-order valence-corrected chi connectivity index (χ3v) is 7.30. The van der Waals surface area contributed by atoms with Gasteiger partial charge in [-0.25, -0.2) is 23.7 Å². The minimum atomic E-state index is -1.25. The molecule has 6 rings (SSSR count). The van der Waals surface area contributed by atoms with Crippen molar-refractivity contribution in [3.05, 3.63) is 78.3 Å². The molecule has 1 aliphatic heterocycles. The van der Waals surface area contributed by atoms with E-state index in [2.05, 4.69) is 25.5 Å². The highest BCUT2D eigenvalue weighted by Crippen LogP contribution is 2.39. The summed E-state index contributed by atoms with van der Waals surface area (Å²) in [5.74, 6) is 0.102. The van der Waals surface area contributed by atoms with Gasteiger partial charge in [-0.05, 0) is 54.1 Å². The predicted molar refractivity (Wildman–Crippen MR) is 157 cm³/mol. The van der Waals surface area contributed by atoms with Crippen LogP contribution >= 0.6 is 0 Å². The largest absolute Gasteiger partial charge is 0.465 e. The van der Waals surface area contributed by atoms with Crippen molar-refractivity contribution in [3.63, 3.8) is 0 Å². The molecular formula is C29H28F2N10O3. The van der Waals surface area contributed by atoms with Crippen molar-refractivity contribution >= 4 is 29.3 Å². The Labute approximate surface area is 249 Å². The number of imidazole rings is 1. The van der Waals surface area contributed by atoms with Gasteiger partial charge in [0, 0.05) is 51.5 Å². The van der Waals surface area contributed by atoms with Gasteiger partial charge in [0.25, 0.3) is 0 Å². The minimum Gasteiger partial charge on any atom is -0.465 e. The number of nitrogens with one attached hydrogen (secondary N) is 2. The monoisotopic (exact) mass is 602 g/mol. The van der Waals surface area contributed by atoms with Gasteiger partial charge in [0.2, 0.25) is 11.9 Å². The first-order valence-corrected chi connectivity index (χ1v) is 13.8. The summed E-state index contributed by atoms with van der Waals surface area (Å²) in [5, 5.41) is 23.8. The number of piperazine rings is 1. The zero-order valence-electron chi connectivity index (χ0n) is 23.6. The van der Waals surface area contributed by atoms with E-state index in [0.717, 1.165) is 11.4 Å². The van der Waals surface area contributed by atoms with Crippen molar-refractivity contribution in [1.82, 2.24) is 39.6 Å². The topological polar surface area (TPSA) is 146 Å². The fourth-order valence-corrected chi connectivity index (χ4v) is 5.20. The lowest BCUT2D eigenvalue weighted by Crippen LogP contribution is -2.51. The number of carbonyl (C=O) groups is 2. The van der Waals surface area contributed by atoms with Crippen LogP contribution in [0.2, 0.25) is 0 Å². The highest BCUT2D eigenvalue weighted by molar-refractivity contribution is 5.88. The first kappa shape index (κ1) is 28.5. The lowest BCUT2D eigenvalue weighted by Gasteiger charge is -2.36. The average molecular weight is 603 g/mol. The zero-order valence-corrected chi connectivity index (χ0v) is 23.6. The summed E-state index contributed by atoms with van der Waals surface area (Å²) >= 11 is 0. The summed E-state index contributed by atoms with van der Waals surface area (Å²) in [4.78, 5) is 35.2. The smallest absolute Gasteiger partial charge is 0.405 e. The molecule has 0 radical (unpaired) electrons. The number of halogens is 2. The molecule has 226 valence electrons. The summed E-state index contributed by atoms with van der Waals surface area (Å²) < 4.78 is 30.7. The number of carbonyl (C=O) groups excluding carboxylic acids is 1. The molecular weight excluding hydrogens is 574 g/mol. The van der Waals surface area contributed by atoms with Gasteiger partial charge in [-0.1, -0.05) is 0 Å². The van der Waals surface area contributed by atoms with Gasteiger partial charge < -0.3 is 25.5 Å². The molecule has 5 aromatic rings. The molecule has 0 saturated carbocycles. The summed E-state index contributed by atoms with van der Waals surface area (Å²) in [7, 11) is 1.82. The average Bonchev–Trinajstić information content (AvgIpc) is 3.59. The molecule has 0 spiro atoms. The number of aryl methyl sites for hydroxylation is 1. The Morgan fingerprint density at radius 3 is 2.50 bits per heavy atom. The molecule has 44 heavy (non-hydrogen) atoms. The van der Waals surface area contributed by atoms with Gasteiger partial charge in [-0.15, -0.1) is 0 Å². The van der Waals surface area contributed by atoms with Gasteiger partial charge in [-0.3, -0.25) is 9.48 Å². The van der Waals surface area contributed by atoms with Crippen LogP contribution in [0.15, 0.2) is 60.9 Å². The molecule has 1 aliphatic rings. The van der Waals surface area contributed by atoms with Crippen molar-refractivity contribution < 1.29 is 23.5 Å². The van der Waals surface area contributed by atoms with Gasteiger partial charge >= 0.3 is 6.09 Å². The predicted octanol–water partition coefficient (Wildman–Crippen LogP) is 3.00. The van der Waals surface area contributed by atoms with Gasteiger partial charge in [-0.2, -0.15) is 14.6 Å². The van der Waals surface area contributed by atoms with Crippen molar-refractivity contribution in [2.24, 2.45) is 7.05 Å². The number of nitrogens with zero attached hydrogens (tertiary/aromatic N) is 8. The molecule has 4 aromatic heterocycles. The van der Waals surface area contributed by atoms with Crippen molar-refractivity contribution in [2.45, 2.75) is 6.54 Å². The Hall–Kier alpha value is -5.60. The van der Waals surface area contributed by atoms with Crippen LogP contribution in [0, 0.1) is 11.8 Å². The number of hydrogen-bond acceptors (Lipinski definition) is 8. The van der Waals surface area contributed by atoms with Crippen LogP contribution in [0.1, 0.15) is 5.56 Å². The number of aromatic nitrogens is 6. The van der Waals surface area contributed by atoms with Crippen molar-refractivity contribution in [3.8, 4) is 22.5 Å². The van der Waals surface area contributed by atoms with Crippen LogP contribution in [-0.4, -0.2) is 84.1 Å². The normalized spacial score (nSPS) is 13.3. The fraction of sp³-hybridized carbons (Fsp3) is 0.241. The summed E-state index contributed by atoms with van der Waals surface area (Å²) in [5.41, 5.74) is 3.95. The molecule has 0 atom stereocenters. The van der Waals surface area contributed by atoms with E-state index in [4.69, 9.17) is 15.3 Å². The van der Waals surface area contributed by atoms with Crippen molar-refractivity contribution in [2.75, 3.05) is 42.9 Å². The third-order valence-electron chi connectivity index (χ3n) is 7.30. The lowest BCUT2D eigenvalue weighted by molar-refractivity contribution is -0.130. The Balaban J connectivity index is 1.32. The number of benzene rings is 1. The van der Waals surface area contributed by atoms with Crippen LogP contribution in [0.4, 0.5) is 25.2 Å². The molecule has 1 fully saturated rings. The van der Waals surface area contributed by atoms with E-state index in [9.17, 15) is 18.4 Å². The lowest BCUT2D eigenvalue weighted by atomic mass is 10.0. The SMILES string of the molecule is Cn1nc(-c2ccc(F)cc2)c(-c2ccc3nc(NCc4ccnc(F)c4)cn3n2)c1N1CCN(C(=O)CNC(=O)O)CC1. The number of amides is 2. The molecule has 13 nitrogen and oxygen atoms in total. The van der Waals surface area contributed by atoms with Gasteiger partial charge in [0.1, 0.15) is 29.7 Å². The van der Waals surface area contributed by atoms with Crippen LogP contribution in [0.5, 0.6) is 0 Å². The fourth-order valence-electron chi connectivity index (χ4n) is 5.20. The van der Waals surface area contributed by atoms with E-state index in [1.54, 1.807) is 38.5 Å². The number of fused-ring (bicyclic) bond motifs is 1. The number of anilines is 2. The second-order valence-corrected chi connectivity index (χ2v) is 10.2. The Morgan fingerprint density at radius 2 is 1.77 bits per heavy atom. The van der Waals surface area contributed by atoms with E-state index in [1.165, 1.54) is 24.4 Å². The van der Waals surface area contributed by atoms with Crippen LogP contribution in [0.25, 0.3) is 28.2 Å². The maximum Gasteiger partial charge on any atom is 0.405 e. The van der Waals surface area contributed by atoms with Crippen LogP contribution in [0.3, 0.4) is 0 Å².